The molecule has 1 aromatic heterocycles. The van der Waals surface area contributed by atoms with Crippen molar-refractivity contribution >= 4 is 29.7 Å². The van der Waals surface area contributed by atoms with Gasteiger partial charge in [-0.15, -0.1) is 0 Å². The van der Waals surface area contributed by atoms with Gasteiger partial charge in [0.25, 0.3) is 0 Å². The van der Waals surface area contributed by atoms with Crippen molar-refractivity contribution in [3.8, 4) is 0 Å². The molecule has 0 radical (unpaired) electrons. The van der Waals surface area contributed by atoms with Crippen molar-refractivity contribution in [2.24, 2.45) is 5.73 Å². The average Bonchev–Trinajstić information content (AvgIpc) is 3.34. The summed E-state index contributed by atoms with van der Waals surface area (Å²) in [5.74, 6) is -4.74. The van der Waals surface area contributed by atoms with Crippen LogP contribution in [0.5, 0.6) is 0 Å². The zero-order valence-corrected chi connectivity index (χ0v) is 19.6. The number of aromatic nitrogens is 2. The minimum absolute atomic E-state index is 0.0635. The van der Waals surface area contributed by atoms with Crippen LogP contribution in [0.25, 0.3) is 0 Å². The number of hydrogen-bond acceptors (Lipinski definition) is 7. The van der Waals surface area contributed by atoms with Crippen LogP contribution in [0.1, 0.15) is 31.0 Å². The first-order valence-corrected chi connectivity index (χ1v) is 11.2. The maximum atomic E-state index is 13.2. The van der Waals surface area contributed by atoms with E-state index >= 15 is 0 Å². The fourth-order valence-electron chi connectivity index (χ4n) is 3.25. The van der Waals surface area contributed by atoms with Crippen LogP contribution in [0.15, 0.2) is 42.9 Å². The number of amides is 3. The summed E-state index contributed by atoms with van der Waals surface area (Å²) >= 11 is 0. The number of aromatic amines is 1. The topological polar surface area (TPSA) is 217 Å². The summed E-state index contributed by atoms with van der Waals surface area (Å²) in [6, 6.07) is 4.04. The zero-order chi connectivity index (χ0) is 26.7. The third kappa shape index (κ3) is 9.18. The highest BCUT2D eigenvalue weighted by Crippen LogP contribution is 2.07. The van der Waals surface area contributed by atoms with Crippen molar-refractivity contribution in [2.75, 3.05) is 0 Å². The molecule has 1 heterocycles. The lowest BCUT2D eigenvalue weighted by molar-refractivity contribution is -0.142. The summed E-state index contributed by atoms with van der Waals surface area (Å²) in [7, 11) is 0. The van der Waals surface area contributed by atoms with Crippen molar-refractivity contribution < 1.29 is 34.2 Å². The van der Waals surface area contributed by atoms with E-state index < -0.39 is 60.2 Å². The Balaban J connectivity index is 2.18. The minimum atomic E-state index is -1.34. The number of imidazole rings is 1. The summed E-state index contributed by atoms with van der Waals surface area (Å²) in [4.78, 5) is 67.4. The van der Waals surface area contributed by atoms with Gasteiger partial charge in [-0.25, -0.2) is 4.98 Å². The van der Waals surface area contributed by atoms with Gasteiger partial charge in [0, 0.05) is 31.2 Å². The van der Waals surface area contributed by atoms with E-state index in [-0.39, 0.29) is 19.3 Å². The number of carboxylic acids is 2. The summed E-state index contributed by atoms with van der Waals surface area (Å²) < 4.78 is 0. The number of nitrogens with two attached hydrogens (primary N) is 1. The standard InChI is InChI=1S/C23H30N6O7/c1-13(23(35)36)27-21(33)17(7-8-19(30)31)28-22(34)18(9-14-5-3-2-4-6-14)29-20(32)16(24)10-15-11-25-12-26-15/h2-6,11-13,16-18H,7-10,24H2,1H3,(H,25,26)(H,27,33)(H,28,34)(H,29,32)(H,30,31)(H,35,36). The first kappa shape index (κ1) is 28.0. The number of rotatable bonds is 14. The van der Waals surface area contributed by atoms with Crippen molar-refractivity contribution in [1.29, 1.82) is 0 Å². The molecule has 8 N–H and O–H groups in total. The van der Waals surface area contributed by atoms with Crippen LogP contribution in [-0.4, -0.2) is 74.0 Å². The Morgan fingerprint density at radius 3 is 2.17 bits per heavy atom. The molecule has 2 rings (SSSR count). The molecule has 36 heavy (non-hydrogen) atoms. The van der Waals surface area contributed by atoms with Crippen molar-refractivity contribution in [3.05, 3.63) is 54.1 Å². The molecule has 0 fully saturated rings. The van der Waals surface area contributed by atoms with Gasteiger partial charge in [0.05, 0.1) is 12.4 Å². The molecule has 0 aliphatic heterocycles. The second-order valence-corrected chi connectivity index (χ2v) is 8.20. The number of carboxylic acid groups (broad SMARTS) is 2. The van der Waals surface area contributed by atoms with Crippen molar-refractivity contribution in [2.45, 2.75) is 56.8 Å². The zero-order valence-electron chi connectivity index (χ0n) is 19.6. The first-order chi connectivity index (χ1) is 17.1. The Morgan fingerprint density at radius 1 is 0.944 bits per heavy atom. The molecule has 1 aromatic carbocycles. The SMILES string of the molecule is CC(NC(=O)C(CCC(=O)O)NC(=O)C(Cc1ccccc1)NC(=O)C(N)Cc1cnc[nH]1)C(=O)O. The number of hydrogen-bond donors (Lipinski definition) is 7. The molecular weight excluding hydrogens is 472 g/mol. The van der Waals surface area contributed by atoms with Crippen LogP contribution < -0.4 is 21.7 Å². The molecular formula is C23H30N6O7. The number of benzene rings is 1. The van der Waals surface area contributed by atoms with Gasteiger partial charge in [-0.05, 0) is 18.9 Å². The van der Waals surface area contributed by atoms with Gasteiger partial charge in [-0.3, -0.25) is 24.0 Å². The maximum absolute atomic E-state index is 13.2. The van der Waals surface area contributed by atoms with E-state index in [1.807, 2.05) is 0 Å². The van der Waals surface area contributed by atoms with Crippen LogP contribution in [0.3, 0.4) is 0 Å². The molecule has 13 heteroatoms. The summed E-state index contributed by atoms with van der Waals surface area (Å²) in [5.41, 5.74) is 7.33. The molecule has 0 aliphatic rings. The molecule has 0 aliphatic carbocycles. The predicted octanol–water partition coefficient (Wildman–Crippen LogP) is -1.05. The van der Waals surface area contributed by atoms with Gasteiger partial charge in [0.15, 0.2) is 0 Å². The normalized spacial score (nSPS) is 14.1. The number of carbonyl (C=O) groups is 5. The Bertz CT molecular complexity index is 1040. The lowest BCUT2D eigenvalue weighted by atomic mass is 10.0. The van der Waals surface area contributed by atoms with E-state index in [2.05, 4.69) is 25.9 Å². The highest BCUT2D eigenvalue weighted by molar-refractivity contribution is 5.94. The van der Waals surface area contributed by atoms with Crippen LogP contribution in [0.4, 0.5) is 0 Å². The van der Waals surface area contributed by atoms with Gasteiger partial charge in [0.1, 0.15) is 18.1 Å². The molecule has 0 saturated heterocycles. The van der Waals surface area contributed by atoms with Gasteiger partial charge < -0.3 is 36.9 Å². The quantitative estimate of drug-likeness (QED) is 0.167. The largest absolute Gasteiger partial charge is 0.481 e. The van der Waals surface area contributed by atoms with Crippen molar-refractivity contribution in [3.63, 3.8) is 0 Å². The van der Waals surface area contributed by atoms with Crippen LogP contribution in [-0.2, 0) is 36.8 Å². The fraction of sp³-hybridized carbons (Fsp3) is 0.391. The number of nitrogens with one attached hydrogen (secondary N) is 4. The van der Waals surface area contributed by atoms with Gasteiger partial charge in [0.2, 0.25) is 17.7 Å². The van der Waals surface area contributed by atoms with Crippen molar-refractivity contribution in [1.82, 2.24) is 25.9 Å². The summed E-state index contributed by atoms with van der Waals surface area (Å²) in [6.07, 6.45) is 2.43. The Morgan fingerprint density at radius 2 is 1.58 bits per heavy atom. The first-order valence-electron chi connectivity index (χ1n) is 11.2. The fourth-order valence-corrected chi connectivity index (χ4v) is 3.25. The number of carbonyl (C=O) groups excluding carboxylic acids is 3. The lowest BCUT2D eigenvalue weighted by Gasteiger charge is -2.24. The van der Waals surface area contributed by atoms with Crippen LogP contribution >= 0.6 is 0 Å². The van der Waals surface area contributed by atoms with E-state index in [9.17, 15) is 24.0 Å². The maximum Gasteiger partial charge on any atom is 0.325 e. The van der Waals surface area contributed by atoms with E-state index in [0.717, 1.165) is 0 Å². The van der Waals surface area contributed by atoms with Crippen LogP contribution in [0.2, 0.25) is 0 Å². The molecule has 13 nitrogen and oxygen atoms in total. The monoisotopic (exact) mass is 502 g/mol. The second-order valence-electron chi connectivity index (χ2n) is 8.20. The summed E-state index contributed by atoms with van der Waals surface area (Å²) in [6.45, 7) is 1.23. The average molecular weight is 503 g/mol. The summed E-state index contributed by atoms with van der Waals surface area (Å²) in [5, 5.41) is 25.3. The molecule has 4 atom stereocenters. The highest BCUT2D eigenvalue weighted by Gasteiger charge is 2.30. The molecule has 194 valence electrons. The number of nitrogens with zero attached hydrogens (tertiary/aromatic N) is 1. The van der Waals surface area contributed by atoms with E-state index in [4.69, 9.17) is 15.9 Å². The second kappa shape index (κ2) is 13.6. The lowest BCUT2D eigenvalue weighted by Crippen LogP contribution is -2.57. The predicted molar refractivity (Wildman–Crippen MR) is 126 cm³/mol. The molecule has 0 bridgehead atoms. The Kier molecular flexibility index (Phi) is 10.6. The van der Waals surface area contributed by atoms with E-state index in [0.29, 0.717) is 11.3 Å². The number of aliphatic carboxylic acids is 2. The van der Waals surface area contributed by atoms with Gasteiger partial charge >= 0.3 is 11.9 Å². The molecule has 4 unspecified atom stereocenters. The van der Waals surface area contributed by atoms with Gasteiger partial charge in [-0.1, -0.05) is 30.3 Å². The molecule has 0 spiro atoms. The third-order valence-electron chi connectivity index (χ3n) is 5.26. The molecule has 2 aromatic rings. The number of H-pyrrole nitrogens is 1. The third-order valence-corrected chi connectivity index (χ3v) is 5.26. The molecule has 3 amide bonds. The van der Waals surface area contributed by atoms with Crippen LogP contribution in [0, 0.1) is 0 Å². The Labute approximate surface area is 206 Å². The van der Waals surface area contributed by atoms with E-state index in [1.54, 1.807) is 30.3 Å². The smallest absolute Gasteiger partial charge is 0.325 e. The van der Waals surface area contributed by atoms with Gasteiger partial charge in [-0.2, -0.15) is 0 Å². The Hall–Kier alpha value is -4.26. The molecule has 0 saturated carbocycles. The highest BCUT2D eigenvalue weighted by atomic mass is 16.4. The minimum Gasteiger partial charge on any atom is -0.481 e. The van der Waals surface area contributed by atoms with E-state index in [1.165, 1.54) is 19.4 Å².